The third-order valence-electron chi connectivity index (χ3n) is 2.59. The summed E-state index contributed by atoms with van der Waals surface area (Å²) >= 11 is 0. The number of imidazole rings is 1. The number of likely N-dealkylation sites (N-methyl/N-ethyl adjacent to an activating group) is 1. The molecule has 2 rings (SSSR count). The molecule has 1 heterocycles. The molecule has 2 aromatic rings. The average molecular weight is 255 g/mol. The van der Waals surface area contributed by atoms with Crippen LogP contribution in [0.25, 0.3) is 11.4 Å². The first kappa shape index (κ1) is 12.6. The van der Waals surface area contributed by atoms with Crippen molar-refractivity contribution in [3.05, 3.63) is 42.0 Å². The molecule has 0 unspecified atom stereocenters. The van der Waals surface area contributed by atoms with E-state index in [9.17, 15) is 13.2 Å². The molecule has 3 nitrogen and oxygen atoms in total. The van der Waals surface area contributed by atoms with E-state index in [0.29, 0.717) is 13.1 Å². The van der Waals surface area contributed by atoms with Gasteiger partial charge in [-0.05, 0) is 19.2 Å². The third-order valence-corrected chi connectivity index (χ3v) is 2.59. The molecule has 0 atom stereocenters. The van der Waals surface area contributed by atoms with Crippen LogP contribution in [0.2, 0.25) is 0 Å². The van der Waals surface area contributed by atoms with Crippen LogP contribution in [0.1, 0.15) is 0 Å². The highest BCUT2D eigenvalue weighted by Gasteiger charge is 2.17. The van der Waals surface area contributed by atoms with Gasteiger partial charge in [-0.25, -0.2) is 18.2 Å². The molecule has 18 heavy (non-hydrogen) atoms. The Balaban J connectivity index is 2.43. The molecule has 0 aliphatic carbocycles. The summed E-state index contributed by atoms with van der Waals surface area (Å²) in [6.07, 6.45) is 3.15. The molecule has 0 amide bonds. The van der Waals surface area contributed by atoms with Crippen LogP contribution in [0.5, 0.6) is 0 Å². The summed E-state index contributed by atoms with van der Waals surface area (Å²) < 4.78 is 41.3. The molecular weight excluding hydrogens is 243 g/mol. The van der Waals surface area contributed by atoms with Crippen molar-refractivity contribution in [2.45, 2.75) is 6.54 Å². The predicted molar refractivity (Wildman–Crippen MR) is 61.5 cm³/mol. The van der Waals surface area contributed by atoms with Gasteiger partial charge in [0.25, 0.3) is 0 Å². The Morgan fingerprint density at radius 2 is 2.00 bits per heavy atom. The fourth-order valence-electron chi connectivity index (χ4n) is 1.66. The number of hydrogen-bond acceptors (Lipinski definition) is 2. The standard InChI is InChI=1S/C12H12F3N3/c1-16-4-6-18-7-5-17-12(18)8-2-3-9(13)11(15)10(8)14/h2-3,5,7,16H,4,6H2,1H3. The molecule has 1 aromatic carbocycles. The minimum Gasteiger partial charge on any atom is -0.330 e. The lowest BCUT2D eigenvalue weighted by Crippen LogP contribution is -2.15. The summed E-state index contributed by atoms with van der Waals surface area (Å²) in [6, 6.07) is 2.08. The van der Waals surface area contributed by atoms with E-state index in [0.717, 1.165) is 6.07 Å². The molecule has 0 fully saturated rings. The van der Waals surface area contributed by atoms with Crippen LogP contribution >= 0.6 is 0 Å². The lowest BCUT2D eigenvalue weighted by molar-refractivity contribution is 0.448. The molecule has 0 saturated carbocycles. The Labute approximate surface area is 102 Å². The molecule has 0 radical (unpaired) electrons. The van der Waals surface area contributed by atoms with Gasteiger partial charge in [0.15, 0.2) is 17.5 Å². The SMILES string of the molecule is CNCCn1ccnc1-c1ccc(F)c(F)c1F. The molecule has 0 saturated heterocycles. The van der Waals surface area contributed by atoms with Crippen molar-refractivity contribution in [1.29, 1.82) is 0 Å². The van der Waals surface area contributed by atoms with Gasteiger partial charge in [0.1, 0.15) is 5.82 Å². The molecule has 0 aliphatic rings. The van der Waals surface area contributed by atoms with Gasteiger partial charge in [0.05, 0.1) is 5.56 Å². The van der Waals surface area contributed by atoms with Crippen molar-refractivity contribution >= 4 is 0 Å². The van der Waals surface area contributed by atoms with E-state index in [2.05, 4.69) is 10.3 Å². The highest BCUT2D eigenvalue weighted by Crippen LogP contribution is 2.24. The lowest BCUT2D eigenvalue weighted by atomic mass is 10.2. The van der Waals surface area contributed by atoms with Crippen LogP contribution in [-0.4, -0.2) is 23.1 Å². The highest BCUT2D eigenvalue weighted by molar-refractivity contribution is 5.56. The number of benzene rings is 1. The van der Waals surface area contributed by atoms with Crippen LogP contribution in [0.15, 0.2) is 24.5 Å². The molecule has 1 aromatic heterocycles. The van der Waals surface area contributed by atoms with Crippen LogP contribution in [0, 0.1) is 17.5 Å². The Bertz CT molecular complexity index is 551. The van der Waals surface area contributed by atoms with Crippen LogP contribution < -0.4 is 5.32 Å². The van der Waals surface area contributed by atoms with E-state index in [1.807, 2.05) is 0 Å². The zero-order chi connectivity index (χ0) is 13.1. The Morgan fingerprint density at radius 1 is 1.22 bits per heavy atom. The van der Waals surface area contributed by atoms with Crippen molar-refractivity contribution in [3.63, 3.8) is 0 Å². The molecule has 1 N–H and O–H groups in total. The topological polar surface area (TPSA) is 29.9 Å². The van der Waals surface area contributed by atoms with Gasteiger partial charge in [-0.2, -0.15) is 0 Å². The fourth-order valence-corrected chi connectivity index (χ4v) is 1.66. The van der Waals surface area contributed by atoms with Crippen molar-refractivity contribution in [1.82, 2.24) is 14.9 Å². The number of nitrogens with one attached hydrogen (secondary N) is 1. The van der Waals surface area contributed by atoms with Gasteiger partial charge >= 0.3 is 0 Å². The van der Waals surface area contributed by atoms with Crippen molar-refractivity contribution in [3.8, 4) is 11.4 Å². The van der Waals surface area contributed by atoms with E-state index in [1.165, 1.54) is 12.3 Å². The maximum atomic E-state index is 13.6. The van der Waals surface area contributed by atoms with Crippen LogP contribution in [0.3, 0.4) is 0 Å². The number of aromatic nitrogens is 2. The second kappa shape index (κ2) is 5.22. The quantitative estimate of drug-likeness (QED) is 0.849. The van der Waals surface area contributed by atoms with Gasteiger partial charge < -0.3 is 9.88 Å². The summed E-state index contributed by atoms with van der Waals surface area (Å²) in [5.74, 6) is -3.62. The van der Waals surface area contributed by atoms with E-state index in [4.69, 9.17) is 0 Å². The molecule has 0 spiro atoms. The number of halogens is 3. The minimum absolute atomic E-state index is 0.0463. The molecule has 0 bridgehead atoms. The summed E-state index contributed by atoms with van der Waals surface area (Å²) in [6.45, 7) is 1.22. The Hall–Kier alpha value is -1.82. The van der Waals surface area contributed by atoms with E-state index in [-0.39, 0.29) is 11.4 Å². The second-order valence-electron chi connectivity index (χ2n) is 3.77. The smallest absolute Gasteiger partial charge is 0.195 e. The zero-order valence-electron chi connectivity index (χ0n) is 9.75. The summed E-state index contributed by atoms with van der Waals surface area (Å²) in [5, 5.41) is 2.94. The summed E-state index contributed by atoms with van der Waals surface area (Å²) in [7, 11) is 1.79. The first-order chi connectivity index (χ1) is 8.65. The van der Waals surface area contributed by atoms with Gasteiger partial charge in [0.2, 0.25) is 0 Å². The molecule has 96 valence electrons. The largest absolute Gasteiger partial charge is 0.330 e. The van der Waals surface area contributed by atoms with Crippen LogP contribution in [0.4, 0.5) is 13.2 Å². The number of nitrogens with zero attached hydrogens (tertiary/aromatic N) is 2. The average Bonchev–Trinajstić information content (AvgIpc) is 2.82. The molecule has 0 aliphatic heterocycles. The fraction of sp³-hybridized carbons (Fsp3) is 0.250. The molecule has 6 heteroatoms. The summed E-state index contributed by atoms with van der Waals surface area (Å²) in [4.78, 5) is 3.98. The van der Waals surface area contributed by atoms with Gasteiger partial charge in [-0.15, -0.1) is 0 Å². The van der Waals surface area contributed by atoms with Crippen molar-refractivity contribution in [2.24, 2.45) is 0 Å². The van der Waals surface area contributed by atoms with Crippen molar-refractivity contribution in [2.75, 3.05) is 13.6 Å². The second-order valence-corrected chi connectivity index (χ2v) is 3.77. The maximum absolute atomic E-state index is 13.6. The van der Waals surface area contributed by atoms with E-state index >= 15 is 0 Å². The first-order valence-electron chi connectivity index (χ1n) is 5.44. The zero-order valence-corrected chi connectivity index (χ0v) is 9.75. The summed E-state index contributed by atoms with van der Waals surface area (Å²) in [5.41, 5.74) is -0.0463. The predicted octanol–water partition coefficient (Wildman–Crippen LogP) is 2.19. The van der Waals surface area contributed by atoms with Gasteiger partial charge in [-0.1, -0.05) is 0 Å². The minimum atomic E-state index is -1.48. The van der Waals surface area contributed by atoms with Gasteiger partial charge in [-0.3, -0.25) is 0 Å². The highest BCUT2D eigenvalue weighted by atomic mass is 19.2. The maximum Gasteiger partial charge on any atom is 0.195 e. The number of hydrogen-bond donors (Lipinski definition) is 1. The lowest BCUT2D eigenvalue weighted by Gasteiger charge is -2.08. The first-order valence-corrected chi connectivity index (χ1v) is 5.44. The monoisotopic (exact) mass is 255 g/mol. The Morgan fingerprint density at radius 3 is 2.72 bits per heavy atom. The van der Waals surface area contributed by atoms with E-state index < -0.39 is 17.5 Å². The van der Waals surface area contributed by atoms with Crippen molar-refractivity contribution < 1.29 is 13.2 Å². The van der Waals surface area contributed by atoms with E-state index in [1.54, 1.807) is 17.8 Å². The Kier molecular flexibility index (Phi) is 3.66. The normalized spacial score (nSPS) is 10.9. The van der Waals surface area contributed by atoms with Gasteiger partial charge in [0, 0.05) is 25.5 Å². The van der Waals surface area contributed by atoms with Crippen LogP contribution in [-0.2, 0) is 6.54 Å². The molecular formula is C12H12F3N3. The number of rotatable bonds is 4. The third kappa shape index (κ3) is 2.24.